The third kappa shape index (κ3) is 6.10. The Bertz CT molecular complexity index is 1200. The van der Waals surface area contributed by atoms with Gasteiger partial charge in [0.15, 0.2) is 19.0 Å². The summed E-state index contributed by atoms with van der Waals surface area (Å²) in [4.78, 5) is 53.6. The maximum absolute atomic E-state index is 13.0. The number of hydrogen-bond donors (Lipinski definition) is 0. The van der Waals surface area contributed by atoms with Crippen molar-refractivity contribution in [3.63, 3.8) is 0 Å². The lowest BCUT2D eigenvalue weighted by Crippen LogP contribution is -2.49. The number of anilines is 1. The Morgan fingerprint density at radius 1 is 1.05 bits per heavy atom. The average Bonchev–Trinajstić information content (AvgIpc) is 2.89. The Morgan fingerprint density at radius 2 is 1.81 bits per heavy atom. The maximum atomic E-state index is 13.0. The topological polar surface area (TPSA) is 102 Å². The summed E-state index contributed by atoms with van der Waals surface area (Å²) < 4.78 is 16.4. The predicted octanol–water partition coefficient (Wildman–Crippen LogP) is 3.09. The predicted molar refractivity (Wildman–Crippen MR) is 136 cm³/mol. The molecule has 0 spiro atoms. The molecule has 1 saturated heterocycles. The van der Waals surface area contributed by atoms with Gasteiger partial charge in [0.2, 0.25) is 5.91 Å². The van der Waals surface area contributed by atoms with Crippen LogP contribution in [-0.4, -0.2) is 67.9 Å². The quantitative estimate of drug-likeness (QED) is 0.399. The molecular weight excluding hydrogens is 476 g/mol. The number of carbonyl (C=O) groups excluding carboxylic acids is 4. The molecule has 9 nitrogen and oxygen atoms in total. The van der Waals surface area contributed by atoms with Gasteiger partial charge in [0.05, 0.1) is 18.2 Å². The monoisotopic (exact) mass is 508 g/mol. The molecule has 9 heteroatoms. The third-order valence-electron chi connectivity index (χ3n) is 6.67. The second-order valence-electron chi connectivity index (χ2n) is 9.34. The number of nitrogens with zero attached hydrogens (tertiary/aromatic N) is 2. The van der Waals surface area contributed by atoms with Crippen LogP contribution in [-0.2, 0) is 19.1 Å². The Labute approximate surface area is 216 Å². The lowest BCUT2D eigenvalue weighted by molar-refractivity contribution is -0.151. The third-order valence-corrected chi connectivity index (χ3v) is 6.67. The van der Waals surface area contributed by atoms with Crippen LogP contribution in [0.5, 0.6) is 11.5 Å². The number of esters is 1. The van der Waals surface area contributed by atoms with E-state index in [0.717, 1.165) is 11.1 Å². The summed E-state index contributed by atoms with van der Waals surface area (Å²) in [6.45, 7) is 6.33. The number of aryl methyl sites for hydroxylation is 2. The minimum atomic E-state index is -0.363. The molecule has 0 bridgehead atoms. The molecule has 2 aliphatic rings. The van der Waals surface area contributed by atoms with E-state index in [1.54, 1.807) is 30.0 Å². The fraction of sp³-hybridized carbons (Fsp3) is 0.429. The summed E-state index contributed by atoms with van der Waals surface area (Å²) in [5.74, 6) is -0.223. The number of likely N-dealkylation sites (tertiary alicyclic amines) is 1. The molecule has 2 aromatic rings. The molecule has 37 heavy (non-hydrogen) atoms. The molecule has 0 N–H and O–H groups in total. The van der Waals surface area contributed by atoms with Gasteiger partial charge in [0.25, 0.3) is 5.91 Å². The fourth-order valence-corrected chi connectivity index (χ4v) is 4.60. The number of fused-ring (bicyclic) bond motifs is 1. The number of piperidine rings is 1. The van der Waals surface area contributed by atoms with E-state index < -0.39 is 0 Å². The first-order chi connectivity index (χ1) is 17.8. The second-order valence-corrected chi connectivity index (χ2v) is 9.34. The van der Waals surface area contributed by atoms with Crippen LogP contribution in [0.2, 0.25) is 0 Å². The number of Topliss-reactive ketones (excluding diaryl/α,β-unsaturated/α-hetero) is 1. The standard InChI is InChI=1S/C28H32N2O7/c1-4-35-28(34)20-9-11-29(12-10-20)26(32)15-30-22-14-21(6-8-25(22)37-17-27(30)33)23(31)16-36-24-7-5-18(2)13-19(24)3/h5-8,13-14,20H,4,9-12,15-17H2,1-3H3. The van der Waals surface area contributed by atoms with E-state index in [1.165, 1.54) is 4.90 Å². The minimum absolute atomic E-state index is 0.161. The molecule has 1 fully saturated rings. The molecule has 2 amide bonds. The van der Waals surface area contributed by atoms with Crippen molar-refractivity contribution >= 4 is 29.3 Å². The SMILES string of the molecule is CCOC(=O)C1CCN(C(=O)CN2C(=O)COc3ccc(C(=O)COc4ccc(C)cc4C)cc32)CC1. The molecule has 2 aromatic carbocycles. The molecule has 2 heterocycles. The minimum Gasteiger partial charge on any atom is -0.485 e. The highest BCUT2D eigenvalue weighted by molar-refractivity contribution is 6.04. The zero-order valence-corrected chi connectivity index (χ0v) is 21.5. The Morgan fingerprint density at radius 3 is 2.51 bits per heavy atom. The van der Waals surface area contributed by atoms with Gasteiger partial charge >= 0.3 is 5.97 Å². The Kier molecular flexibility index (Phi) is 8.11. The highest BCUT2D eigenvalue weighted by Gasteiger charge is 2.32. The van der Waals surface area contributed by atoms with Crippen LogP contribution >= 0.6 is 0 Å². The number of ether oxygens (including phenoxy) is 3. The van der Waals surface area contributed by atoms with Gasteiger partial charge < -0.3 is 19.1 Å². The number of ketones is 1. The number of benzene rings is 2. The van der Waals surface area contributed by atoms with E-state index in [0.29, 0.717) is 55.3 Å². The molecule has 0 aromatic heterocycles. The van der Waals surface area contributed by atoms with Gasteiger partial charge in [0, 0.05) is 18.7 Å². The number of amides is 2. The molecule has 0 atom stereocenters. The summed E-state index contributed by atoms with van der Waals surface area (Å²) in [5.41, 5.74) is 2.78. The van der Waals surface area contributed by atoms with Gasteiger partial charge in [-0.25, -0.2) is 0 Å². The maximum Gasteiger partial charge on any atom is 0.309 e. The van der Waals surface area contributed by atoms with E-state index in [2.05, 4.69) is 0 Å². The fourth-order valence-electron chi connectivity index (χ4n) is 4.60. The summed E-state index contributed by atoms with van der Waals surface area (Å²) >= 11 is 0. The summed E-state index contributed by atoms with van der Waals surface area (Å²) in [6, 6.07) is 10.6. The van der Waals surface area contributed by atoms with Gasteiger partial charge in [0.1, 0.15) is 18.0 Å². The average molecular weight is 509 g/mol. The molecule has 4 rings (SSSR count). The first-order valence-electron chi connectivity index (χ1n) is 12.5. The molecule has 0 unspecified atom stereocenters. The smallest absolute Gasteiger partial charge is 0.309 e. The summed E-state index contributed by atoms with van der Waals surface area (Å²) in [7, 11) is 0. The molecule has 0 aliphatic carbocycles. The highest BCUT2D eigenvalue weighted by atomic mass is 16.5. The summed E-state index contributed by atoms with van der Waals surface area (Å²) in [5, 5.41) is 0. The van der Waals surface area contributed by atoms with Crippen molar-refractivity contribution in [2.24, 2.45) is 5.92 Å². The normalized spacial score (nSPS) is 15.6. The van der Waals surface area contributed by atoms with Gasteiger partial charge in [-0.15, -0.1) is 0 Å². The Hall–Kier alpha value is -3.88. The van der Waals surface area contributed by atoms with Gasteiger partial charge in [-0.05, 0) is 63.4 Å². The van der Waals surface area contributed by atoms with Crippen molar-refractivity contribution in [2.45, 2.75) is 33.6 Å². The molecule has 0 radical (unpaired) electrons. The van der Waals surface area contributed by atoms with E-state index in [1.807, 2.05) is 32.0 Å². The first-order valence-corrected chi connectivity index (χ1v) is 12.5. The van der Waals surface area contributed by atoms with Crippen LogP contribution < -0.4 is 14.4 Å². The molecular formula is C28H32N2O7. The number of carbonyl (C=O) groups is 4. The van der Waals surface area contributed by atoms with Crippen LogP contribution in [0.15, 0.2) is 36.4 Å². The summed E-state index contributed by atoms with van der Waals surface area (Å²) in [6.07, 6.45) is 1.05. The van der Waals surface area contributed by atoms with E-state index in [4.69, 9.17) is 14.2 Å². The van der Waals surface area contributed by atoms with Gasteiger partial charge in [-0.2, -0.15) is 0 Å². The zero-order valence-electron chi connectivity index (χ0n) is 21.5. The van der Waals surface area contributed by atoms with Crippen LogP contribution in [0.3, 0.4) is 0 Å². The van der Waals surface area contributed by atoms with Crippen LogP contribution in [0.25, 0.3) is 0 Å². The number of hydrogen-bond acceptors (Lipinski definition) is 7. The van der Waals surface area contributed by atoms with E-state index in [9.17, 15) is 19.2 Å². The van der Waals surface area contributed by atoms with Crippen molar-refractivity contribution < 1.29 is 33.4 Å². The van der Waals surface area contributed by atoms with Crippen molar-refractivity contribution in [3.8, 4) is 11.5 Å². The zero-order chi connectivity index (χ0) is 26.5. The number of rotatable bonds is 8. The highest BCUT2D eigenvalue weighted by Crippen LogP contribution is 2.33. The molecule has 0 saturated carbocycles. The van der Waals surface area contributed by atoms with Crippen molar-refractivity contribution in [1.29, 1.82) is 0 Å². The van der Waals surface area contributed by atoms with Gasteiger partial charge in [-0.3, -0.25) is 24.1 Å². The second kappa shape index (κ2) is 11.5. The lowest BCUT2D eigenvalue weighted by atomic mass is 9.97. The van der Waals surface area contributed by atoms with Crippen LogP contribution in [0, 0.1) is 19.8 Å². The van der Waals surface area contributed by atoms with Crippen LogP contribution in [0.1, 0.15) is 41.3 Å². The van der Waals surface area contributed by atoms with Crippen molar-refractivity contribution in [3.05, 3.63) is 53.1 Å². The lowest BCUT2D eigenvalue weighted by Gasteiger charge is -2.34. The van der Waals surface area contributed by atoms with Crippen molar-refractivity contribution in [1.82, 2.24) is 4.90 Å². The first kappa shape index (κ1) is 26.2. The molecule has 196 valence electrons. The molecule has 2 aliphatic heterocycles. The van der Waals surface area contributed by atoms with Crippen molar-refractivity contribution in [2.75, 3.05) is 44.4 Å². The van der Waals surface area contributed by atoms with Gasteiger partial charge in [-0.1, -0.05) is 17.7 Å². The van der Waals surface area contributed by atoms with Crippen LogP contribution in [0.4, 0.5) is 5.69 Å². The Balaban J connectivity index is 1.42. The largest absolute Gasteiger partial charge is 0.485 e. The van der Waals surface area contributed by atoms with E-state index in [-0.39, 0.29) is 49.2 Å². The van der Waals surface area contributed by atoms with E-state index >= 15 is 0 Å².